The Morgan fingerprint density at radius 3 is 2.25 bits per heavy atom. The van der Waals surface area contributed by atoms with Gasteiger partial charge in [-0.1, -0.05) is 41.9 Å². The molecular weight excluding hydrogens is 270 g/mol. The SMILES string of the molecule is CNC(C(=O)O)C(C)(C)c1ccc(Br)cc1. The standard InChI is InChI=1S/C12H16BrNO2/c1-12(2,10(14-3)11(15)16)8-4-6-9(13)7-5-8/h4-7,10,14H,1-3H3,(H,15,16). The average Bonchev–Trinajstić information content (AvgIpc) is 2.18. The molecule has 0 aromatic heterocycles. The Balaban J connectivity index is 3.08. The number of halogens is 1. The van der Waals surface area contributed by atoms with Crippen LogP contribution in [0.1, 0.15) is 19.4 Å². The topological polar surface area (TPSA) is 49.3 Å². The van der Waals surface area contributed by atoms with Crippen molar-refractivity contribution in [3.05, 3.63) is 34.3 Å². The molecule has 0 aliphatic heterocycles. The van der Waals surface area contributed by atoms with Crippen LogP contribution in [-0.2, 0) is 10.2 Å². The van der Waals surface area contributed by atoms with Gasteiger partial charge < -0.3 is 10.4 Å². The number of rotatable bonds is 4. The highest BCUT2D eigenvalue weighted by atomic mass is 79.9. The van der Waals surface area contributed by atoms with Crippen molar-refractivity contribution in [2.24, 2.45) is 0 Å². The van der Waals surface area contributed by atoms with Crippen LogP contribution >= 0.6 is 15.9 Å². The van der Waals surface area contributed by atoms with Gasteiger partial charge in [0.15, 0.2) is 0 Å². The maximum Gasteiger partial charge on any atom is 0.321 e. The molecule has 88 valence electrons. The van der Waals surface area contributed by atoms with E-state index < -0.39 is 17.4 Å². The molecule has 0 saturated carbocycles. The fourth-order valence-electron chi connectivity index (χ4n) is 1.84. The molecule has 1 aromatic carbocycles. The van der Waals surface area contributed by atoms with Gasteiger partial charge in [0.05, 0.1) is 0 Å². The number of hydrogen-bond donors (Lipinski definition) is 2. The Labute approximate surface area is 104 Å². The molecule has 0 aliphatic rings. The summed E-state index contributed by atoms with van der Waals surface area (Å²) in [6, 6.07) is 7.13. The molecule has 1 rings (SSSR count). The van der Waals surface area contributed by atoms with Gasteiger partial charge in [-0.25, -0.2) is 0 Å². The third-order valence-electron chi connectivity index (χ3n) is 2.85. The van der Waals surface area contributed by atoms with Gasteiger partial charge in [0.2, 0.25) is 0 Å². The first-order valence-corrected chi connectivity index (χ1v) is 5.85. The summed E-state index contributed by atoms with van der Waals surface area (Å²) in [6.45, 7) is 3.84. The summed E-state index contributed by atoms with van der Waals surface area (Å²) in [7, 11) is 1.67. The van der Waals surface area contributed by atoms with Crippen LogP contribution in [0.2, 0.25) is 0 Å². The van der Waals surface area contributed by atoms with Crippen molar-refractivity contribution < 1.29 is 9.90 Å². The lowest BCUT2D eigenvalue weighted by atomic mass is 9.78. The van der Waals surface area contributed by atoms with Gasteiger partial charge in [0.25, 0.3) is 0 Å². The number of benzene rings is 1. The quantitative estimate of drug-likeness (QED) is 0.893. The molecule has 0 radical (unpaired) electrons. The van der Waals surface area contributed by atoms with Crippen LogP contribution in [0.25, 0.3) is 0 Å². The van der Waals surface area contributed by atoms with E-state index in [2.05, 4.69) is 21.2 Å². The maximum absolute atomic E-state index is 11.1. The monoisotopic (exact) mass is 285 g/mol. The minimum atomic E-state index is -0.838. The lowest BCUT2D eigenvalue weighted by Crippen LogP contribution is -2.48. The van der Waals surface area contributed by atoms with Crippen molar-refractivity contribution in [2.45, 2.75) is 25.3 Å². The van der Waals surface area contributed by atoms with Gasteiger partial charge in [-0.05, 0) is 24.7 Å². The number of aliphatic carboxylic acids is 1. The Morgan fingerprint density at radius 1 is 1.38 bits per heavy atom. The number of carboxylic acids is 1. The summed E-state index contributed by atoms with van der Waals surface area (Å²) in [6.07, 6.45) is 0. The van der Waals surface area contributed by atoms with Crippen LogP contribution in [0.3, 0.4) is 0 Å². The number of likely N-dealkylation sites (N-methyl/N-ethyl adjacent to an activating group) is 1. The van der Waals surface area contributed by atoms with Gasteiger partial charge in [-0.2, -0.15) is 0 Å². The van der Waals surface area contributed by atoms with E-state index in [0.29, 0.717) is 0 Å². The summed E-state index contributed by atoms with van der Waals surface area (Å²) in [5.74, 6) is -0.838. The van der Waals surface area contributed by atoms with Crippen LogP contribution in [0.5, 0.6) is 0 Å². The van der Waals surface area contributed by atoms with E-state index in [1.807, 2.05) is 38.1 Å². The first-order valence-electron chi connectivity index (χ1n) is 5.05. The van der Waals surface area contributed by atoms with Crippen molar-refractivity contribution in [3.8, 4) is 0 Å². The highest BCUT2D eigenvalue weighted by Crippen LogP contribution is 2.28. The number of nitrogens with one attached hydrogen (secondary N) is 1. The minimum Gasteiger partial charge on any atom is -0.480 e. The van der Waals surface area contributed by atoms with E-state index >= 15 is 0 Å². The molecule has 3 nitrogen and oxygen atoms in total. The Kier molecular flexibility index (Phi) is 4.10. The minimum absolute atomic E-state index is 0.457. The molecule has 0 heterocycles. The van der Waals surface area contributed by atoms with Gasteiger partial charge in [0, 0.05) is 9.89 Å². The molecule has 1 unspecified atom stereocenters. The van der Waals surface area contributed by atoms with Crippen LogP contribution in [0.15, 0.2) is 28.7 Å². The third kappa shape index (κ3) is 2.62. The van der Waals surface area contributed by atoms with E-state index in [1.165, 1.54) is 0 Å². The van der Waals surface area contributed by atoms with Crippen LogP contribution in [0.4, 0.5) is 0 Å². The Bertz CT molecular complexity index is 373. The molecule has 0 fully saturated rings. The van der Waals surface area contributed by atoms with Crippen molar-refractivity contribution in [2.75, 3.05) is 7.05 Å². The zero-order chi connectivity index (χ0) is 12.3. The van der Waals surface area contributed by atoms with Crippen LogP contribution < -0.4 is 5.32 Å². The molecule has 0 amide bonds. The molecule has 0 aliphatic carbocycles. The Hall–Kier alpha value is -0.870. The van der Waals surface area contributed by atoms with E-state index in [-0.39, 0.29) is 0 Å². The van der Waals surface area contributed by atoms with E-state index in [0.717, 1.165) is 10.0 Å². The third-order valence-corrected chi connectivity index (χ3v) is 3.37. The molecule has 1 atom stereocenters. The second-order valence-corrected chi connectivity index (χ2v) is 5.20. The van der Waals surface area contributed by atoms with Crippen molar-refractivity contribution in [1.82, 2.24) is 5.32 Å². The van der Waals surface area contributed by atoms with Gasteiger partial charge in [-0.15, -0.1) is 0 Å². The molecule has 0 saturated heterocycles. The summed E-state index contributed by atoms with van der Waals surface area (Å²) in [4.78, 5) is 11.1. The molecule has 16 heavy (non-hydrogen) atoms. The smallest absolute Gasteiger partial charge is 0.321 e. The largest absolute Gasteiger partial charge is 0.480 e. The van der Waals surface area contributed by atoms with Crippen LogP contribution in [0, 0.1) is 0 Å². The Morgan fingerprint density at radius 2 is 1.88 bits per heavy atom. The summed E-state index contributed by atoms with van der Waals surface area (Å²) < 4.78 is 0.989. The number of carbonyl (C=O) groups is 1. The van der Waals surface area contributed by atoms with Crippen molar-refractivity contribution in [3.63, 3.8) is 0 Å². The van der Waals surface area contributed by atoms with Crippen molar-refractivity contribution >= 4 is 21.9 Å². The molecular formula is C12H16BrNO2. The predicted octanol–water partition coefficient (Wildman–Crippen LogP) is 2.40. The van der Waals surface area contributed by atoms with Crippen LogP contribution in [-0.4, -0.2) is 24.2 Å². The number of carboxylic acid groups (broad SMARTS) is 1. The molecule has 1 aromatic rings. The van der Waals surface area contributed by atoms with E-state index in [9.17, 15) is 4.79 Å². The maximum atomic E-state index is 11.1. The van der Waals surface area contributed by atoms with E-state index in [4.69, 9.17) is 5.11 Å². The summed E-state index contributed by atoms with van der Waals surface area (Å²) >= 11 is 3.36. The lowest BCUT2D eigenvalue weighted by Gasteiger charge is -2.31. The van der Waals surface area contributed by atoms with Gasteiger partial charge in [-0.3, -0.25) is 4.79 Å². The highest BCUT2D eigenvalue weighted by molar-refractivity contribution is 9.10. The average molecular weight is 286 g/mol. The number of hydrogen-bond acceptors (Lipinski definition) is 2. The zero-order valence-electron chi connectivity index (χ0n) is 9.62. The van der Waals surface area contributed by atoms with Gasteiger partial charge in [0.1, 0.15) is 6.04 Å². The summed E-state index contributed by atoms with van der Waals surface area (Å²) in [5, 5.41) is 12.0. The molecule has 0 bridgehead atoms. The second-order valence-electron chi connectivity index (χ2n) is 4.29. The zero-order valence-corrected chi connectivity index (χ0v) is 11.2. The normalized spacial score (nSPS) is 13.5. The highest BCUT2D eigenvalue weighted by Gasteiger charge is 2.35. The molecule has 0 spiro atoms. The first-order chi connectivity index (χ1) is 7.39. The second kappa shape index (κ2) is 4.97. The first kappa shape index (κ1) is 13.2. The van der Waals surface area contributed by atoms with E-state index in [1.54, 1.807) is 7.05 Å². The van der Waals surface area contributed by atoms with Gasteiger partial charge >= 0.3 is 5.97 Å². The lowest BCUT2D eigenvalue weighted by molar-refractivity contribution is -0.141. The summed E-state index contributed by atoms with van der Waals surface area (Å²) in [5.41, 5.74) is 0.541. The fourth-order valence-corrected chi connectivity index (χ4v) is 2.10. The van der Waals surface area contributed by atoms with Crippen molar-refractivity contribution in [1.29, 1.82) is 0 Å². The molecule has 2 N–H and O–H groups in total. The molecule has 4 heteroatoms. The predicted molar refractivity (Wildman–Crippen MR) is 67.7 cm³/mol. The fraction of sp³-hybridized carbons (Fsp3) is 0.417.